The monoisotopic (exact) mass is 837 g/mol. The third-order valence-corrected chi connectivity index (χ3v) is 10.8. The molecule has 0 aromatic heterocycles. The van der Waals surface area contributed by atoms with Gasteiger partial charge in [-0.3, -0.25) is 4.79 Å². The summed E-state index contributed by atoms with van der Waals surface area (Å²) in [6.07, 6.45) is 0.764. The van der Waals surface area contributed by atoms with E-state index >= 15 is 0 Å². The molecule has 1 saturated heterocycles. The van der Waals surface area contributed by atoms with Gasteiger partial charge >= 0.3 is 0 Å². The Balaban J connectivity index is 0.000000174. The molecule has 0 radical (unpaired) electrons. The maximum Gasteiger partial charge on any atom is 0.159 e. The van der Waals surface area contributed by atoms with Crippen LogP contribution in [0.25, 0.3) is 21.5 Å². The van der Waals surface area contributed by atoms with Gasteiger partial charge in [-0.15, -0.1) is 0 Å². The van der Waals surface area contributed by atoms with E-state index in [9.17, 15) is 4.79 Å². The average Bonchev–Trinajstić information content (AvgIpc) is 3.32. The normalized spacial score (nSPS) is 12.2. The smallest absolute Gasteiger partial charge is 0.159 e. The third kappa shape index (κ3) is 11.6. The number of morpholine rings is 1. The van der Waals surface area contributed by atoms with Crippen molar-refractivity contribution >= 4 is 44.5 Å². The summed E-state index contributed by atoms with van der Waals surface area (Å²) >= 11 is 5.62. The first kappa shape index (κ1) is 41.7. The van der Waals surface area contributed by atoms with E-state index in [0.717, 1.165) is 99.1 Å². The van der Waals surface area contributed by atoms with Crippen molar-refractivity contribution in [3.8, 4) is 34.5 Å². The number of benzene rings is 8. The number of ketones is 1. The van der Waals surface area contributed by atoms with Gasteiger partial charge in [0.05, 0.1) is 18.2 Å². The van der Waals surface area contributed by atoms with Gasteiger partial charge in [-0.25, -0.2) is 0 Å². The van der Waals surface area contributed by atoms with E-state index in [2.05, 4.69) is 53.4 Å². The molecule has 0 N–H and O–H groups in total. The number of hydrogen-bond donors (Lipinski definition) is 0. The molecule has 0 bridgehead atoms. The number of fused-ring (bicyclic) bond motifs is 2. The minimum atomic E-state index is 0.0440. The molecule has 0 atom stereocenters. The molecule has 0 aliphatic carbocycles. The lowest BCUT2D eigenvalue weighted by molar-refractivity contribution is 0.0684. The Morgan fingerprint density at radius 3 is 1.35 bits per heavy atom. The second kappa shape index (κ2) is 20.5. The maximum absolute atomic E-state index is 11.4. The summed E-state index contributed by atoms with van der Waals surface area (Å²) in [4.78, 5) is 14.6. The maximum atomic E-state index is 11.4. The van der Waals surface area contributed by atoms with E-state index in [1.54, 1.807) is 31.2 Å². The van der Waals surface area contributed by atoms with Gasteiger partial charge in [0.1, 0.15) is 47.7 Å². The Morgan fingerprint density at radius 2 is 0.903 bits per heavy atom. The molecule has 1 fully saturated rings. The number of carbonyl (C=O) groups is 1. The van der Waals surface area contributed by atoms with Crippen molar-refractivity contribution in [2.75, 3.05) is 26.3 Å². The Morgan fingerprint density at radius 1 is 0.500 bits per heavy atom. The highest BCUT2D eigenvalue weighted by Gasteiger charge is 2.14. The third-order valence-electron chi connectivity index (χ3n) is 10.4. The van der Waals surface area contributed by atoms with Gasteiger partial charge in [-0.2, -0.15) is 0 Å². The average molecular weight is 838 g/mol. The summed E-state index contributed by atoms with van der Waals surface area (Å²) < 4.78 is 29.3. The van der Waals surface area contributed by atoms with Crippen LogP contribution in [0.5, 0.6) is 34.5 Å². The van der Waals surface area contributed by atoms with E-state index in [0.29, 0.717) is 24.5 Å². The molecular weight excluding hydrogens is 791 g/mol. The number of hydrogen-bond acceptors (Lipinski definition) is 7. The fourth-order valence-electron chi connectivity index (χ4n) is 7.00. The molecule has 8 aromatic rings. The lowest BCUT2D eigenvalue weighted by Crippen LogP contribution is -2.40. The van der Waals surface area contributed by atoms with Crippen LogP contribution in [-0.4, -0.2) is 42.0 Å². The summed E-state index contributed by atoms with van der Waals surface area (Å²) in [6.45, 7) is 5.91. The van der Waals surface area contributed by atoms with Gasteiger partial charge in [0.25, 0.3) is 0 Å². The molecule has 1 aliphatic heterocycles. The van der Waals surface area contributed by atoms with Crippen molar-refractivity contribution in [1.82, 2.24) is 4.90 Å². The number of Topliss-reactive ketones (excluding diaryl/α,β-unsaturated/α-hetero) is 1. The van der Waals surface area contributed by atoms with Gasteiger partial charge in [-0.05, 0) is 130 Å². The number of ether oxygens (including phenoxy) is 5. The molecule has 8 aromatic carbocycles. The SMILES string of the molecule is CC(=O)c1ccc(Oc2ccc3cc(OCc4ccccc4)ccc3c2)cc1.S=C(Cc1ccc(Oc2ccc3cc(OCc4ccccc4)ccc3c2)cc1)N1CCOCC1. The molecule has 8 heteroatoms. The molecular formula is C54H47NO6S. The van der Waals surface area contributed by atoms with Crippen LogP contribution < -0.4 is 18.9 Å². The van der Waals surface area contributed by atoms with Gasteiger partial charge in [0, 0.05) is 25.1 Å². The molecule has 1 aliphatic rings. The molecule has 9 rings (SSSR count). The molecule has 0 saturated carbocycles. The first-order chi connectivity index (χ1) is 30.4. The minimum Gasteiger partial charge on any atom is -0.489 e. The quantitative estimate of drug-likeness (QED) is 0.0840. The number of carbonyl (C=O) groups excluding carboxylic acids is 1. The number of nitrogens with zero attached hydrogens (tertiary/aromatic N) is 1. The molecule has 7 nitrogen and oxygen atoms in total. The van der Waals surface area contributed by atoms with E-state index < -0.39 is 0 Å². The minimum absolute atomic E-state index is 0.0440. The van der Waals surface area contributed by atoms with E-state index in [1.807, 2.05) is 109 Å². The Hall–Kier alpha value is -7.00. The molecule has 0 amide bonds. The highest BCUT2D eigenvalue weighted by Crippen LogP contribution is 2.30. The number of rotatable bonds is 13. The Kier molecular flexibility index (Phi) is 13.8. The topological polar surface area (TPSA) is 66.5 Å². The molecule has 62 heavy (non-hydrogen) atoms. The summed E-state index contributed by atoms with van der Waals surface area (Å²) in [5.74, 6) is 4.81. The first-order valence-corrected chi connectivity index (χ1v) is 21.1. The summed E-state index contributed by atoms with van der Waals surface area (Å²) in [7, 11) is 0. The second-order valence-electron chi connectivity index (χ2n) is 15.0. The fraction of sp³-hybridized carbons (Fsp3) is 0.148. The van der Waals surface area contributed by atoms with Gasteiger partial charge in [0.15, 0.2) is 5.78 Å². The second-order valence-corrected chi connectivity index (χ2v) is 15.5. The van der Waals surface area contributed by atoms with E-state index in [4.69, 9.17) is 35.9 Å². The van der Waals surface area contributed by atoms with Crippen molar-refractivity contribution in [2.45, 2.75) is 26.6 Å². The lowest BCUT2D eigenvalue weighted by Gasteiger charge is -2.29. The predicted molar refractivity (Wildman–Crippen MR) is 251 cm³/mol. The van der Waals surface area contributed by atoms with Crippen LogP contribution in [0, 0.1) is 0 Å². The van der Waals surface area contributed by atoms with Crippen LogP contribution in [0.2, 0.25) is 0 Å². The van der Waals surface area contributed by atoms with Crippen LogP contribution in [0.15, 0.2) is 182 Å². The van der Waals surface area contributed by atoms with Crippen LogP contribution in [0.4, 0.5) is 0 Å². The van der Waals surface area contributed by atoms with Crippen LogP contribution in [0.1, 0.15) is 34.0 Å². The zero-order valence-electron chi connectivity index (χ0n) is 34.6. The summed E-state index contributed by atoms with van der Waals surface area (Å²) in [5, 5.41) is 4.39. The zero-order valence-corrected chi connectivity index (χ0v) is 35.4. The van der Waals surface area contributed by atoms with Gasteiger partial charge < -0.3 is 28.6 Å². The predicted octanol–water partition coefficient (Wildman–Crippen LogP) is 12.8. The van der Waals surface area contributed by atoms with Crippen LogP contribution in [0.3, 0.4) is 0 Å². The fourth-order valence-corrected chi connectivity index (χ4v) is 7.35. The van der Waals surface area contributed by atoms with Crippen molar-refractivity contribution in [2.24, 2.45) is 0 Å². The lowest BCUT2D eigenvalue weighted by atomic mass is 10.1. The molecule has 310 valence electrons. The Labute approximate surface area is 368 Å². The van der Waals surface area contributed by atoms with Crippen molar-refractivity contribution in [1.29, 1.82) is 0 Å². The summed E-state index contributed by atoms with van der Waals surface area (Å²) in [5.41, 5.74) is 4.15. The zero-order chi connectivity index (χ0) is 42.5. The first-order valence-electron chi connectivity index (χ1n) is 20.7. The van der Waals surface area contributed by atoms with Crippen molar-refractivity contribution in [3.63, 3.8) is 0 Å². The highest BCUT2D eigenvalue weighted by molar-refractivity contribution is 7.80. The van der Waals surface area contributed by atoms with Crippen LogP contribution >= 0.6 is 12.2 Å². The van der Waals surface area contributed by atoms with E-state index in [-0.39, 0.29) is 5.78 Å². The highest BCUT2D eigenvalue weighted by atomic mass is 32.1. The van der Waals surface area contributed by atoms with Crippen molar-refractivity contribution < 1.29 is 28.5 Å². The number of thiocarbonyl (C=S) groups is 1. The van der Waals surface area contributed by atoms with Gasteiger partial charge in [-0.1, -0.05) is 109 Å². The molecule has 0 spiro atoms. The van der Waals surface area contributed by atoms with Crippen LogP contribution in [-0.2, 0) is 24.4 Å². The molecule has 0 unspecified atom stereocenters. The Bertz CT molecular complexity index is 2730. The summed E-state index contributed by atoms with van der Waals surface area (Å²) in [6, 6.07) is 59.8. The molecule has 1 heterocycles. The van der Waals surface area contributed by atoms with Gasteiger partial charge in [0.2, 0.25) is 0 Å². The largest absolute Gasteiger partial charge is 0.489 e. The van der Waals surface area contributed by atoms with E-state index in [1.165, 1.54) is 5.56 Å². The van der Waals surface area contributed by atoms with Crippen molar-refractivity contribution in [3.05, 3.63) is 204 Å². The standard InChI is InChI=1S/C29H27NO3S.C25H20O3/c34-29(30-14-16-31-17-15-30)18-22-6-10-26(11-7-22)33-28-13-9-24-19-27(12-8-25(24)20-28)32-21-23-4-2-1-3-5-23;1-18(26)20-7-11-23(12-8-20)28-25-14-10-21-15-24(13-9-22(21)16-25)27-17-19-5-3-2-4-6-19/h1-13,19-20H,14-18,21H2;2-16H,17H2,1H3.